The SMILES string of the molecule is Cl.O=C(NC1CCCNC1)c1ccc2c(c1)C(=O)N(Cc1ccccc1)C2=O. The molecule has 2 aliphatic heterocycles. The molecule has 0 saturated carbocycles. The highest BCUT2D eigenvalue weighted by Gasteiger charge is 2.36. The summed E-state index contributed by atoms with van der Waals surface area (Å²) in [5, 5.41) is 6.25. The van der Waals surface area contributed by atoms with Crippen LogP contribution in [-0.2, 0) is 6.54 Å². The molecule has 2 heterocycles. The summed E-state index contributed by atoms with van der Waals surface area (Å²) < 4.78 is 0. The predicted octanol–water partition coefficient (Wildman–Crippen LogP) is 2.39. The second kappa shape index (κ2) is 8.54. The molecule has 1 unspecified atom stereocenters. The van der Waals surface area contributed by atoms with Crippen LogP contribution in [0.2, 0.25) is 0 Å². The average Bonchev–Trinajstić information content (AvgIpc) is 2.94. The lowest BCUT2D eigenvalue weighted by Gasteiger charge is -2.23. The maximum Gasteiger partial charge on any atom is 0.261 e. The molecular weight excluding hydrogens is 378 g/mol. The number of nitrogens with one attached hydrogen (secondary N) is 2. The highest BCUT2D eigenvalue weighted by atomic mass is 35.5. The number of imide groups is 1. The Morgan fingerprint density at radius 1 is 1.07 bits per heavy atom. The minimum atomic E-state index is -0.354. The summed E-state index contributed by atoms with van der Waals surface area (Å²) in [6.45, 7) is 1.94. The van der Waals surface area contributed by atoms with Gasteiger partial charge in [0, 0.05) is 18.2 Å². The largest absolute Gasteiger partial charge is 0.348 e. The first-order valence-corrected chi connectivity index (χ1v) is 9.19. The third kappa shape index (κ3) is 3.93. The molecule has 7 heteroatoms. The van der Waals surface area contributed by atoms with E-state index in [1.807, 2.05) is 30.3 Å². The smallest absolute Gasteiger partial charge is 0.261 e. The van der Waals surface area contributed by atoms with Crippen molar-refractivity contribution in [1.29, 1.82) is 0 Å². The van der Waals surface area contributed by atoms with E-state index in [0.717, 1.165) is 31.5 Å². The van der Waals surface area contributed by atoms with Gasteiger partial charge in [0.2, 0.25) is 0 Å². The Kier molecular flexibility index (Phi) is 6.11. The summed E-state index contributed by atoms with van der Waals surface area (Å²) in [4.78, 5) is 39.1. The van der Waals surface area contributed by atoms with E-state index in [1.54, 1.807) is 12.1 Å². The summed E-state index contributed by atoms with van der Waals surface area (Å²) in [5.41, 5.74) is 1.94. The summed E-state index contributed by atoms with van der Waals surface area (Å²) in [6.07, 6.45) is 1.96. The lowest BCUT2D eigenvalue weighted by Crippen LogP contribution is -2.45. The van der Waals surface area contributed by atoms with E-state index in [0.29, 0.717) is 16.7 Å². The van der Waals surface area contributed by atoms with Gasteiger partial charge in [-0.15, -0.1) is 12.4 Å². The fourth-order valence-electron chi connectivity index (χ4n) is 3.59. The van der Waals surface area contributed by atoms with Crippen molar-refractivity contribution in [3.63, 3.8) is 0 Å². The van der Waals surface area contributed by atoms with Crippen LogP contribution in [0.4, 0.5) is 0 Å². The first-order valence-electron chi connectivity index (χ1n) is 9.19. The number of hydrogen-bond donors (Lipinski definition) is 2. The van der Waals surface area contributed by atoms with Crippen molar-refractivity contribution in [2.45, 2.75) is 25.4 Å². The van der Waals surface area contributed by atoms with E-state index < -0.39 is 0 Å². The molecule has 0 radical (unpaired) electrons. The van der Waals surface area contributed by atoms with Gasteiger partial charge in [0.15, 0.2) is 0 Å². The van der Waals surface area contributed by atoms with Crippen LogP contribution in [0.1, 0.15) is 49.5 Å². The van der Waals surface area contributed by atoms with E-state index >= 15 is 0 Å². The molecule has 4 rings (SSSR count). The molecular formula is C21H22ClN3O3. The summed E-state index contributed by atoms with van der Waals surface area (Å²) >= 11 is 0. The number of fused-ring (bicyclic) bond motifs is 1. The van der Waals surface area contributed by atoms with Crippen molar-refractivity contribution in [1.82, 2.24) is 15.5 Å². The molecule has 1 fully saturated rings. The molecule has 2 aliphatic rings. The first-order chi connectivity index (χ1) is 13.1. The van der Waals surface area contributed by atoms with Crippen molar-refractivity contribution in [2.75, 3.05) is 13.1 Å². The normalized spacial score (nSPS) is 18.4. The molecule has 1 atom stereocenters. The topological polar surface area (TPSA) is 78.5 Å². The standard InChI is InChI=1S/C21H21N3O3.ClH/c25-19(23-16-7-4-10-22-12-16)15-8-9-17-18(11-15)21(27)24(20(17)26)13-14-5-2-1-3-6-14;/h1-3,5-6,8-9,11,16,22H,4,7,10,12-13H2,(H,23,25);1H. The Bertz CT molecular complexity index is 895. The van der Waals surface area contributed by atoms with Crippen LogP contribution in [0.5, 0.6) is 0 Å². The van der Waals surface area contributed by atoms with Gasteiger partial charge in [0.1, 0.15) is 0 Å². The zero-order valence-electron chi connectivity index (χ0n) is 15.3. The van der Waals surface area contributed by atoms with E-state index in [4.69, 9.17) is 0 Å². The van der Waals surface area contributed by atoms with Crippen LogP contribution in [0.15, 0.2) is 48.5 Å². The average molecular weight is 400 g/mol. The molecule has 2 aromatic carbocycles. The van der Waals surface area contributed by atoms with E-state index in [-0.39, 0.29) is 42.7 Å². The van der Waals surface area contributed by atoms with Crippen LogP contribution in [-0.4, -0.2) is 41.8 Å². The third-order valence-corrected chi connectivity index (χ3v) is 5.05. The van der Waals surface area contributed by atoms with Gasteiger partial charge in [0.25, 0.3) is 17.7 Å². The van der Waals surface area contributed by atoms with Gasteiger partial charge in [-0.05, 0) is 43.1 Å². The number of carbonyl (C=O) groups is 3. The fraction of sp³-hybridized carbons (Fsp3) is 0.286. The number of halogens is 1. The van der Waals surface area contributed by atoms with Crippen LogP contribution >= 0.6 is 12.4 Å². The Morgan fingerprint density at radius 3 is 2.54 bits per heavy atom. The zero-order valence-corrected chi connectivity index (χ0v) is 16.1. The van der Waals surface area contributed by atoms with Crippen molar-refractivity contribution in [2.24, 2.45) is 0 Å². The van der Waals surface area contributed by atoms with Gasteiger partial charge < -0.3 is 10.6 Å². The lowest BCUT2D eigenvalue weighted by molar-refractivity contribution is 0.0642. The quantitative estimate of drug-likeness (QED) is 0.774. The third-order valence-electron chi connectivity index (χ3n) is 5.05. The highest BCUT2D eigenvalue weighted by Crippen LogP contribution is 2.25. The number of amides is 3. The molecule has 146 valence electrons. The number of hydrogen-bond acceptors (Lipinski definition) is 4. The monoisotopic (exact) mass is 399 g/mol. The second-order valence-electron chi connectivity index (χ2n) is 6.96. The second-order valence-corrected chi connectivity index (χ2v) is 6.96. The fourth-order valence-corrected chi connectivity index (χ4v) is 3.59. The Morgan fingerprint density at radius 2 is 1.82 bits per heavy atom. The summed E-state index contributed by atoms with van der Waals surface area (Å²) in [6, 6.07) is 14.2. The number of piperidine rings is 1. The van der Waals surface area contributed by atoms with Crippen LogP contribution in [0, 0.1) is 0 Å². The van der Waals surface area contributed by atoms with E-state index in [9.17, 15) is 14.4 Å². The van der Waals surface area contributed by atoms with Gasteiger partial charge in [-0.1, -0.05) is 30.3 Å². The summed E-state index contributed by atoms with van der Waals surface area (Å²) in [7, 11) is 0. The minimum absolute atomic E-state index is 0. The van der Waals surface area contributed by atoms with Crippen LogP contribution in [0.25, 0.3) is 0 Å². The molecule has 6 nitrogen and oxygen atoms in total. The van der Waals surface area contributed by atoms with Crippen LogP contribution < -0.4 is 10.6 Å². The van der Waals surface area contributed by atoms with E-state index in [1.165, 1.54) is 11.0 Å². The van der Waals surface area contributed by atoms with E-state index in [2.05, 4.69) is 10.6 Å². The van der Waals surface area contributed by atoms with Gasteiger partial charge in [0.05, 0.1) is 17.7 Å². The molecule has 0 aliphatic carbocycles. The van der Waals surface area contributed by atoms with Gasteiger partial charge in [-0.2, -0.15) is 0 Å². The van der Waals surface area contributed by atoms with Gasteiger partial charge >= 0.3 is 0 Å². The highest BCUT2D eigenvalue weighted by molar-refractivity contribution is 6.22. The molecule has 0 spiro atoms. The molecule has 1 saturated heterocycles. The number of carbonyl (C=O) groups excluding carboxylic acids is 3. The zero-order chi connectivity index (χ0) is 18.8. The maximum atomic E-state index is 12.7. The predicted molar refractivity (Wildman–Crippen MR) is 108 cm³/mol. The lowest BCUT2D eigenvalue weighted by atomic mass is 10.0. The maximum absolute atomic E-state index is 12.7. The van der Waals surface area contributed by atoms with Crippen molar-refractivity contribution < 1.29 is 14.4 Å². The Labute approximate surface area is 169 Å². The van der Waals surface area contributed by atoms with Crippen molar-refractivity contribution in [3.8, 4) is 0 Å². The molecule has 2 N–H and O–H groups in total. The van der Waals surface area contributed by atoms with Crippen molar-refractivity contribution in [3.05, 3.63) is 70.8 Å². The number of rotatable bonds is 4. The van der Waals surface area contributed by atoms with Crippen LogP contribution in [0.3, 0.4) is 0 Å². The number of benzene rings is 2. The molecule has 2 aromatic rings. The van der Waals surface area contributed by atoms with Gasteiger partial charge in [-0.25, -0.2) is 0 Å². The Hall–Kier alpha value is -2.70. The minimum Gasteiger partial charge on any atom is -0.348 e. The number of nitrogens with zero attached hydrogens (tertiary/aromatic N) is 1. The van der Waals surface area contributed by atoms with Crippen molar-refractivity contribution >= 4 is 30.1 Å². The molecule has 0 aromatic heterocycles. The van der Waals surface area contributed by atoms with Gasteiger partial charge in [-0.3, -0.25) is 19.3 Å². The first kappa shape index (κ1) is 20.0. The summed E-state index contributed by atoms with van der Waals surface area (Å²) in [5.74, 6) is -0.886. The molecule has 3 amide bonds. The molecule has 28 heavy (non-hydrogen) atoms. The molecule has 0 bridgehead atoms. The Balaban J connectivity index is 0.00000225.